The van der Waals surface area contributed by atoms with Crippen molar-refractivity contribution in [3.8, 4) is 0 Å². The summed E-state index contributed by atoms with van der Waals surface area (Å²) in [5, 5.41) is 3.91. The molecule has 1 aromatic rings. The summed E-state index contributed by atoms with van der Waals surface area (Å²) in [6.45, 7) is 2.21. The fourth-order valence-electron chi connectivity index (χ4n) is 1.75. The summed E-state index contributed by atoms with van der Waals surface area (Å²) in [7, 11) is 1.39. The van der Waals surface area contributed by atoms with E-state index in [0.29, 0.717) is 16.2 Å². The van der Waals surface area contributed by atoms with Crippen LogP contribution in [-0.2, 0) is 4.74 Å². The predicted molar refractivity (Wildman–Crippen MR) is 75.2 cm³/mol. The number of ether oxygens (including phenoxy) is 1. The zero-order valence-electron chi connectivity index (χ0n) is 9.84. The van der Waals surface area contributed by atoms with E-state index in [-0.39, 0.29) is 5.97 Å². The molecule has 1 fully saturated rings. The molecule has 2 rings (SSSR count). The van der Waals surface area contributed by atoms with Crippen LogP contribution in [0, 0.1) is 0 Å². The number of hydrogen-bond donors (Lipinski definition) is 0. The van der Waals surface area contributed by atoms with E-state index in [9.17, 15) is 4.79 Å². The minimum Gasteiger partial charge on any atom is -0.464 e. The summed E-state index contributed by atoms with van der Waals surface area (Å²) in [4.78, 5) is 15.8. The summed E-state index contributed by atoms with van der Waals surface area (Å²) >= 11 is 5.55. The van der Waals surface area contributed by atoms with Gasteiger partial charge in [-0.2, -0.15) is 11.8 Å². The first-order valence-corrected chi connectivity index (χ1v) is 8.51. The smallest absolute Gasteiger partial charge is 0.357 e. The number of thiazole rings is 1. The maximum absolute atomic E-state index is 11.4. The SMILES string of the molecule is CCC1SCCSC1c1nc(C(=O)OC)cs1. The highest BCUT2D eigenvalue weighted by atomic mass is 32.2. The van der Waals surface area contributed by atoms with Gasteiger partial charge in [0.25, 0.3) is 0 Å². The molecule has 2 heterocycles. The number of aromatic nitrogens is 1. The van der Waals surface area contributed by atoms with E-state index in [1.807, 2.05) is 23.5 Å². The quantitative estimate of drug-likeness (QED) is 0.799. The lowest BCUT2D eigenvalue weighted by Crippen LogP contribution is -2.18. The molecule has 0 N–H and O–H groups in total. The van der Waals surface area contributed by atoms with Gasteiger partial charge in [0.05, 0.1) is 12.4 Å². The Morgan fingerprint density at radius 2 is 2.29 bits per heavy atom. The van der Waals surface area contributed by atoms with Gasteiger partial charge in [0.15, 0.2) is 5.69 Å². The van der Waals surface area contributed by atoms with Crippen LogP contribution in [-0.4, -0.2) is 34.8 Å². The van der Waals surface area contributed by atoms with Crippen LogP contribution in [0.15, 0.2) is 5.38 Å². The molecule has 0 saturated carbocycles. The van der Waals surface area contributed by atoms with Crippen molar-refractivity contribution in [2.24, 2.45) is 0 Å². The predicted octanol–water partition coefficient (Wildman–Crippen LogP) is 3.23. The third-order valence-electron chi connectivity index (χ3n) is 2.61. The molecule has 1 aliphatic heterocycles. The molecule has 6 heteroatoms. The van der Waals surface area contributed by atoms with Crippen molar-refractivity contribution < 1.29 is 9.53 Å². The number of carbonyl (C=O) groups excluding carboxylic acids is 1. The summed E-state index contributed by atoms with van der Waals surface area (Å²) < 4.78 is 4.68. The number of hydrogen-bond acceptors (Lipinski definition) is 6. The number of rotatable bonds is 3. The molecule has 94 valence electrons. The van der Waals surface area contributed by atoms with Crippen LogP contribution in [0.25, 0.3) is 0 Å². The van der Waals surface area contributed by atoms with Gasteiger partial charge in [-0.25, -0.2) is 9.78 Å². The monoisotopic (exact) mass is 289 g/mol. The maximum Gasteiger partial charge on any atom is 0.357 e. The van der Waals surface area contributed by atoms with Crippen molar-refractivity contribution in [2.75, 3.05) is 18.6 Å². The molecule has 0 amide bonds. The third-order valence-corrected chi connectivity index (χ3v) is 6.94. The van der Waals surface area contributed by atoms with E-state index in [0.717, 1.165) is 11.4 Å². The highest BCUT2D eigenvalue weighted by Gasteiger charge is 2.29. The van der Waals surface area contributed by atoms with Gasteiger partial charge >= 0.3 is 5.97 Å². The van der Waals surface area contributed by atoms with Crippen molar-refractivity contribution in [1.29, 1.82) is 0 Å². The van der Waals surface area contributed by atoms with Gasteiger partial charge in [-0.3, -0.25) is 0 Å². The fourth-order valence-corrected chi connectivity index (χ4v) is 5.98. The highest BCUT2D eigenvalue weighted by Crippen LogP contribution is 2.44. The number of carbonyl (C=O) groups is 1. The fraction of sp³-hybridized carbons (Fsp3) is 0.636. The molecular formula is C11H15NO2S3. The zero-order chi connectivity index (χ0) is 12.3. The van der Waals surface area contributed by atoms with Crippen LogP contribution in [0.2, 0.25) is 0 Å². The molecule has 0 spiro atoms. The molecule has 2 unspecified atom stereocenters. The molecule has 0 aliphatic carbocycles. The average Bonchev–Trinajstić information content (AvgIpc) is 2.87. The third kappa shape index (κ3) is 2.98. The second-order valence-corrected chi connectivity index (χ2v) is 7.16. The number of esters is 1. The molecule has 1 aromatic heterocycles. The minimum absolute atomic E-state index is 0.339. The number of nitrogens with zero attached hydrogens (tertiary/aromatic N) is 1. The molecule has 1 aliphatic rings. The first kappa shape index (κ1) is 13.2. The topological polar surface area (TPSA) is 39.2 Å². The van der Waals surface area contributed by atoms with Crippen LogP contribution < -0.4 is 0 Å². The van der Waals surface area contributed by atoms with Crippen LogP contribution in [0.1, 0.15) is 34.1 Å². The Balaban J connectivity index is 2.15. The lowest BCUT2D eigenvalue weighted by Gasteiger charge is -2.28. The average molecular weight is 289 g/mol. The van der Waals surface area contributed by atoms with Gasteiger partial charge < -0.3 is 4.74 Å². The molecule has 0 aromatic carbocycles. The van der Waals surface area contributed by atoms with Gasteiger partial charge in [0.2, 0.25) is 0 Å². The van der Waals surface area contributed by atoms with E-state index in [1.165, 1.54) is 18.6 Å². The van der Waals surface area contributed by atoms with Crippen molar-refractivity contribution in [2.45, 2.75) is 23.8 Å². The standard InChI is InChI=1S/C11H15NO2S3/c1-3-8-9(16-5-4-15-8)10-12-7(6-17-10)11(13)14-2/h6,8-9H,3-5H2,1-2H3. The van der Waals surface area contributed by atoms with E-state index < -0.39 is 0 Å². The number of thioether (sulfide) groups is 2. The molecule has 2 atom stereocenters. The lowest BCUT2D eigenvalue weighted by molar-refractivity contribution is 0.0594. The summed E-state index contributed by atoms with van der Waals surface area (Å²) in [5.74, 6) is 2.04. The Morgan fingerprint density at radius 1 is 1.53 bits per heavy atom. The van der Waals surface area contributed by atoms with E-state index in [2.05, 4.69) is 16.6 Å². The second kappa shape index (κ2) is 6.11. The minimum atomic E-state index is -0.339. The van der Waals surface area contributed by atoms with Gasteiger partial charge in [-0.05, 0) is 6.42 Å². The first-order chi connectivity index (χ1) is 8.26. The van der Waals surface area contributed by atoms with Gasteiger partial charge in [0, 0.05) is 22.1 Å². The van der Waals surface area contributed by atoms with Gasteiger partial charge in [-0.15, -0.1) is 23.1 Å². The van der Waals surface area contributed by atoms with Crippen LogP contribution in [0.3, 0.4) is 0 Å². The Morgan fingerprint density at radius 3 is 3.00 bits per heavy atom. The van der Waals surface area contributed by atoms with Crippen molar-refractivity contribution in [3.05, 3.63) is 16.1 Å². The van der Waals surface area contributed by atoms with Crippen LogP contribution in [0.5, 0.6) is 0 Å². The van der Waals surface area contributed by atoms with Gasteiger partial charge in [-0.1, -0.05) is 6.92 Å². The molecular weight excluding hydrogens is 274 g/mol. The first-order valence-electron chi connectivity index (χ1n) is 5.53. The highest BCUT2D eigenvalue weighted by molar-refractivity contribution is 8.06. The van der Waals surface area contributed by atoms with Crippen molar-refractivity contribution in [1.82, 2.24) is 4.98 Å². The van der Waals surface area contributed by atoms with Crippen molar-refractivity contribution >= 4 is 40.8 Å². The molecule has 3 nitrogen and oxygen atoms in total. The Bertz CT molecular complexity index is 394. The summed E-state index contributed by atoms with van der Waals surface area (Å²) in [5.41, 5.74) is 0.443. The Kier molecular flexibility index (Phi) is 4.76. The van der Waals surface area contributed by atoms with Gasteiger partial charge in [0.1, 0.15) is 5.01 Å². The van der Waals surface area contributed by atoms with Crippen LogP contribution >= 0.6 is 34.9 Å². The molecule has 0 radical (unpaired) electrons. The lowest BCUT2D eigenvalue weighted by atomic mass is 10.2. The zero-order valence-corrected chi connectivity index (χ0v) is 12.3. The molecule has 0 bridgehead atoms. The van der Waals surface area contributed by atoms with E-state index in [1.54, 1.807) is 16.7 Å². The normalized spacial score (nSPS) is 24.6. The molecule has 17 heavy (non-hydrogen) atoms. The van der Waals surface area contributed by atoms with Crippen molar-refractivity contribution in [3.63, 3.8) is 0 Å². The maximum atomic E-state index is 11.4. The largest absolute Gasteiger partial charge is 0.464 e. The Labute approximate surface area is 114 Å². The Hall–Kier alpha value is -0.200. The van der Waals surface area contributed by atoms with E-state index in [4.69, 9.17) is 0 Å². The number of methoxy groups -OCH3 is 1. The molecule has 1 saturated heterocycles. The van der Waals surface area contributed by atoms with E-state index >= 15 is 0 Å². The summed E-state index contributed by atoms with van der Waals surface area (Å²) in [6.07, 6.45) is 1.15. The van der Waals surface area contributed by atoms with Crippen LogP contribution in [0.4, 0.5) is 0 Å². The summed E-state index contributed by atoms with van der Waals surface area (Å²) in [6, 6.07) is 0. The second-order valence-electron chi connectivity index (χ2n) is 3.67.